The van der Waals surface area contributed by atoms with Crippen molar-refractivity contribution in [3.05, 3.63) is 57.6 Å². The molecule has 0 saturated heterocycles. The van der Waals surface area contributed by atoms with Gasteiger partial charge >= 0.3 is 0 Å². The maximum absolute atomic E-state index is 12.1. The van der Waals surface area contributed by atoms with Crippen LogP contribution in [0, 0.1) is 10.1 Å². The third-order valence-electron chi connectivity index (χ3n) is 3.04. The number of nitrogens with one attached hydrogen (secondary N) is 1. The minimum absolute atomic E-state index is 0.131. The van der Waals surface area contributed by atoms with Gasteiger partial charge in [-0.3, -0.25) is 14.9 Å². The number of anilines is 1. The summed E-state index contributed by atoms with van der Waals surface area (Å²) in [5.41, 5.74) is 0.987. The highest BCUT2D eigenvalue weighted by Gasteiger charge is 2.13. The van der Waals surface area contributed by atoms with Crippen molar-refractivity contribution in [2.24, 2.45) is 0 Å². The molecule has 0 saturated carbocycles. The van der Waals surface area contributed by atoms with Crippen LogP contribution in [0.2, 0.25) is 5.02 Å². The zero-order valence-corrected chi connectivity index (χ0v) is 14.5. The number of hydrogen-bond donors (Lipinski definition) is 1. The highest BCUT2D eigenvalue weighted by molar-refractivity contribution is 8.01. The average Bonchev–Trinajstić information content (AvgIpc) is 2.97. The van der Waals surface area contributed by atoms with Gasteiger partial charge in [0.2, 0.25) is 5.91 Å². The van der Waals surface area contributed by atoms with Crippen molar-refractivity contribution >= 4 is 62.2 Å². The van der Waals surface area contributed by atoms with Crippen molar-refractivity contribution in [2.45, 2.75) is 4.34 Å². The van der Waals surface area contributed by atoms with Crippen LogP contribution in [0.5, 0.6) is 0 Å². The molecule has 0 atom stereocenters. The van der Waals surface area contributed by atoms with Gasteiger partial charge in [-0.05, 0) is 18.2 Å². The third kappa shape index (κ3) is 3.84. The number of aromatic nitrogens is 1. The molecule has 1 amide bonds. The van der Waals surface area contributed by atoms with Gasteiger partial charge in [0.05, 0.1) is 31.6 Å². The standard InChI is InChI=1S/C15H10ClN3O3S2/c16-10-6-5-9(19(21)22)7-12(10)17-14(20)8-23-15-18-11-3-1-2-4-13(11)24-15/h1-7H,8H2,(H,17,20). The minimum Gasteiger partial charge on any atom is -0.324 e. The smallest absolute Gasteiger partial charge is 0.271 e. The number of rotatable bonds is 5. The molecule has 0 fully saturated rings. The average molecular weight is 380 g/mol. The van der Waals surface area contributed by atoms with Gasteiger partial charge in [0.15, 0.2) is 4.34 Å². The molecule has 0 aliphatic heterocycles. The van der Waals surface area contributed by atoms with E-state index in [-0.39, 0.29) is 28.1 Å². The predicted molar refractivity (Wildman–Crippen MR) is 97.1 cm³/mol. The molecule has 0 spiro atoms. The van der Waals surface area contributed by atoms with E-state index >= 15 is 0 Å². The number of hydrogen-bond acceptors (Lipinski definition) is 6. The van der Waals surface area contributed by atoms with E-state index in [1.54, 1.807) is 0 Å². The maximum Gasteiger partial charge on any atom is 0.271 e. The van der Waals surface area contributed by atoms with Crippen LogP contribution in [0.15, 0.2) is 46.8 Å². The summed E-state index contributed by atoms with van der Waals surface area (Å²) in [6, 6.07) is 11.6. The van der Waals surface area contributed by atoms with E-state index in [0.29, 0.717) is 0 Å². The number of amides is 1. The molecule has 0 bridgehead atoms. The van der Waals surface area contributed by atoms with Crippen molar-refractivity contribution in [3.63, 3.8) is 0 Å². The number of non-ortho nitro benzene ring substituents is 1. The number of nitro benzene ring substituents is 1. The van der Waals surface area contributed by atoms with Gasteiger partial charge in [-0.25, -0.2) is 4.98 Å². The lowest BCUT2D eigenvalue weighted by atomic mass is 10.3. The summed E-state index contributed by atoms with van der Waals surface area (Å²) in [6.45, 7) is 0. The summed E-state index contributed by atoms with van der Waals surface area (Å²) < 4.78 is 1.85. The molecule has 3 aromatic rings. The van der Waals surface area contributed by atoms with Crippen LogP contribution >= 0.6 is 34.7 Å². The molecule has 9 heteroatoms. The van der Waals surface area contributed by atoms with Crippen molar-refractivity contribution in [1.82, 2.24) is 4.98 Å². The molecule has 122 valence electrons. The lowest BCUT2D eigenvalue weighted by Gasteiger charge is -2.06. The van der Waals surface area contributed by atoms with Crippen molar-refractivity contribution < 1.29 is 9.72 Å². The lowest BCUT2D eigenvalue weighted by molar-refractivity contribution is -0.384. The first-order valence-corrected chi connectivity index (χ1v) is 8.93. The molecule has 0 radical (unpaired) electrons. The van der Waals surface area contributed by atoms with Crippen molar-refractivity contribution in [2.75, 3.05) is 11.1 Å². The van der Waals surface area contributed by atoms with E-state index in [1.165, 1.54) is 41.3 Å². The molecular formula is C15H10ClN3O3S2. The number of fused-ring (bicyclic) bond motifs is 1. The van der Waals surface area contributed by atoms with E-state index in [0.717, 1.165) is 14.6 Å². The van der Waals surface area contributed by atoms with Gasteiger partial charge in [0.1, 0.15) is 0 Å². The van der Waals surface area contributed by atoms with Gasteiger partial charge in [-0.15, -0.1) is 11.3 Å². The fourth-order valence-corrected chi connectivity index (χ4v) is 3.98. The van der Waals surface area contributed by atoms with Gasteiger partial charge < -0.3 is 5.32 Å². The van der Waals surface area contributed by atoms with E-state index in [4.69, 9.17) is 11.6 Å². The van der Waals surface area contributed by atoms with E-state index in [2.05, 4.69) is 10.3 Å². The van der Waals surface area contributed by atoms with Crippen LogP contribution in [0.1, 0.15) is 0 Å². The molecule has 1 N–H and O–H groups in total. The Kier molecular flexibility index (Phi) is 4.98. The van der Waals surface area contributed by atoms with Crippen LogP contribution < -0.4 is 5.32 Å². The van der Waals surface area contributed by atoms with E-state index < -0.39 is 4.92 Å². The minimum atomic E-state index is -0.540. The number of carbonyl (C=O) groups is 1. The SMILES string of the molecule is O=C(CSc1nc2ccccc2s1)Nc1cc([N+](=O)[O-])ccc1Cl. The number of nitro groups is 1. The molecule has 3 rings (SSSR count). The topological polar surface area (TPSA) is 85.1 Å². The summed E-state index contributed by atoms with van der Waals surface area (Å²) in [4.78, 5) is 26.7. The van der Waals surface area contributed by atoms with Gasteiger partial charge in [-0.1, -0.05) is 35.5 Å². The highest BCUT2D eigenvalue weighted by atomic mass is 35.5. The number of para-hydroxylation sites is 1. The molecule has 24 heavy (non-hydrogen) atoms. The van der Waals surface area contributed by atoms with Crippen LogP contribution in [0.4, 0.5) is 11.4 Å². The third-order valence-corrected chi connectivity index (χ3v) is 5.54. The number of nitrogens with zero attached hydrogens (tertiary/aromatic N) is 2. The number of halogens is 1. The number of benzene rings is 2. The lowest BCUT2D eigenvalue weighted by Crippen LogP contribution is -2.14. The molecular weight excluding hydrogens is 370 g/mol. The van der Waals surface area contributed by atoms with Gasteiger partial charge in [0, 0.05) is 12.1 Å². The normalized spacial score (nSPS) is 10.7. The summed E-state index contributed by atoms with van der Waals surface area (Å²) in [5, 5.41) is 13.6. The Bertz CT molecular complexity index is 896. The highest BCUT2D eigenvalue weighted by Crippen LogP contribution is 2.30. The zero-order chi connectivity index (χ0) is 17.1. The Morgan fingerprint density at radius 3 is 2.88 bits per heavy atom. The predicted octanol–water partition coefficient (Wildman–Crippen LogP) is 4.59. The monoisotopic (exact) mass is 379 g/mol. The second kappa shape index (κ2) is 7.16. The summed E-state index contributed by atoms with van der Waals surface area (Å²) in [5.74, 6) is -0.166. The first-order chi connectivity index (χ1) is 11.5. The molecule has 1 aromatic heterocycles. The van der Waals surface area contributed by atoms with Crippen LogP contribution in [-0.4, -0.2) is 21.6 Å². The Morgan fingerprint density at radius 1 is 1.33 bits per heavy atom. The van der Waals surface area contributed by atoms with E-state index in [9.17, 15) is 14.9 Å². The molecule has 2 aromatic carbocycles. The van der Waals surface area contributed by atoms with Crippen LogP contribution in [-0.2, 0) is 4.79 Å². The summed E-state index contributed by atoms with van der Waals surface area (Å²) in [7, 11) is 0. The molecule has 0 unspecified atom stereocenters. The van der Waals surface area contributed by atoms with Crippen molar-refractivity contribution in [1.29, 1.82) is 0 Å². The van der Waals surface area contributed by atoms with Gasteiger partial charge in [-0.2, -0.15) is 0 Å². The molecule has 0 aliphatic carbocycles. The van der Waals surface area contributed by atoms with E-state index in [1.807, 2.05) is 24.3 Å². The Morgan fingerprint density at radius 2 is 2.12 bits per heavy atom. The summed E-state index contributed by atoms with van der Waals surface area (Å²) >= 11 is 8.78. The quantitative estimate of drug-likeness (QED) is 0.398. The zero-order valence-electron chi connectivity index (χ0n) is 12.1. The van der Waals surface area contributed by atoms with Crippen LogP contribution in [0.25, 0.3) is 10.2 Å². The maximum atomic E-state index is 12.1. The fourth-order valence-electron chi connectivity index (χ4n) is 1.95. The molecule has 1 heterocycles. The fraction of sp³-hybridized carbons (Fsp3) is 0.0667. The Balaban J connectivity index is 1.65. The van der Waals surface area contributed by atoms with Gasteiger partial charge in [0.25, 0.3) is 5.69 Å². The Hall–Kier alpha value is -2.16. The number of thiazole rings is 1. The molecule has 6 nitrogen and oxygen atoms in total. The second-order valence-electron chi connectivity index (χ2n) is 4.71. The number of thioether (sulfide) groups is 1. The second-order valence-corrected chi connectivity index (χ2v) is 7.37. The molecule has 0 aliphatic rings. The first kappa shape index (κ1) is 16.7. The summed E-state index contributed by atoms with van der Waals surface area (Å²) in [6.07, 6.45) is 0. The number of carbonyl (C=O) groups excluding carboxylic acids is 1. The van der Waals surface area contributed by atoms with Crippen molar-refractivity contribution in [3.8, 4) is 0 Å². The van der Waals surface area contributed by atoms with Crippen LogP contribution in [0.3, 0.4) is 0 Å². The Labute approximate surface area is 150 Å². The largest absolute Gasteiger partial charge is 0.324 e. The first-order valence-electron chi connectivity index (χ1n) is 6.75.